The molecular weight excluding hydrogens is 376 g/mol. The van der Waals surface area contributed by atoms with Crippen LogP contribution in [-0.4, -0.2) is 22.3 Å². The van der Waals surface area contributed by atoms with Crippen molar-refractivity contribution >= 4 is 44.9 Å². The molecule has 4 nitrogen and oxygen atoms in total. The number of H-pyrrole nitrogens is 1. The van der Waals surface area contributed by atoms with Gasteiger partial charge < -0.3 is 9.72 Å². The molecule has 25 heavy (non-hydrogen) atoms. The summed E-state index contributed by atoms with van der Waals surface area (Å²) in [6.45, 7) is 0.497. The van der Waals surface area contributed by atoms with Crippen molar-refractivity contribution in [2.75, 3.05) is 12.4 Å². The fourth-order valence-electron chi connectivity index (χ4n) is 3.06. The van der Waals surface area contributed by atoms with Crippen LogP contribution in [0.15, 0.2) is 34.2 Å². The van der Waals surface area contributed by atoms with Gasteiger partial charge in [0.1, 0.15) is 10.6 Å². The molecule has 0 unspecified atom stereocenters. The molecule has 1 aromatic carbocycles. The molecule has 0 fully saturated rings. The van der Waals surface area contributed by atoms with Gasteiger partial charge in [0, 0.05) is 10.6 Å². The number of halogens is 1. The third kappa shape index (κ3) is 3.57. The zero-order chi connectivity index (χ0) is 17.2. The van der Waals surface area contributed by atoms with Crippen LogP contribution in [0.4, 0.5) is 0 Å². The lowest BCUT2D eigenvalue weighted by Crippen LogP contribution is -2.11. The third-order valence-electron chi connectivity index (χ3n) is 4.22. The van der Waals surface area contributed by atoms with Crippen molar-refractivity contribution in [3.8, 4) is 5.75 Å². The summed E-state index contributed by atoms with van der Waals surface area (Å²) in [5.74, 6) is 1.36. The number of nitrogens with one attached hydrogen (secondary N) is 1. The maximum absolute atomic E-state index is 12.5. The van der Waals surface area contributed by atoms with Gasteiger partial charge in [-0.3, -0.25) is 4.79 Å². The second-order valence-corrected chi connectivity index (χ2v) is 8.46. The number of thioether (sulfide) groups is 1. The van der Waals surface area contributed by atoms with Gasteiger partial charge in [0.25, 0.3) is 5.56 Å². The first-order valence-corrected chi connectivity index (χ1v) is 10.4. The number of hydrogen-bond donors (Lipinski definition) is 1. The van der Waals surface area contributed by atoms with Gasteiger partial charge in [-0.25, -0.2) is 4.98 Å². The molecule has 1 N–H and O–H groups in total. The smallest absolute Gasteiger partial charge is 0.260 e. The minimum Gasteiger partial charge on any atom is -0.491 e. The third-order valence-corrected chi connectivity index (χ3v) is 6.56. The molecule has 0 aliphatic heterocycles. The quantitative estimate of drug-likeness (QED) is 0.389. The van der Waals surface area contributed by atoms with Crippen LogP contribution in [0.3, 0.4) is 0 Å². The summed E-state index contributed by atoms with van der Waals surface area (Å²) in [5.41, 5.74) is 1.21. The molecule has 1 aliphatic carbocycles. The largest absolute Gasteiger partial charge is 0.491 e. The molecule has 0 atom stereocenters. The molecule has 2 aromatic heterocycles. The van der Waals surface area contributed by atoms with Crippen molar-refractivity contribution in [2.24, 2.45) is 0 Å². The number of benzene rings is 1. The van der Waals surface area contributed by atoms with Gasteiger partial charge in [-0.1, -0.05) is 35.5 Å². The average molecular weight is 393 g/mol. The van der Waals surface area contributed by atoms with Crippen molar-refractivity contribution in [2.45, 2.75) is 30.8 Å². The first-order chi connectivity index (χ1) is 12.2. The van der Waals surface area contributed by atoms with Crippen LogP contribution >= 0.6 is 34.7 Å². The van der Waals surface area contributed by atoms with Crippen molar-refractivity contribution in [1.82, 2.24) is 9.97 Å². The number of para-hydroxylation sites is 1. The number of rotatable bonds is 5. The summed E-state index contributed by atoms with van der Waals surface area (Å²) in [6, 6.07) is 7.40. The Hall–Kier alpha value is -1.50. The normalized spacial score (nSPS) is 13.8. The van der Waals surface area contributed by atoms with Crippen molar-refractivity contribution < 1.29 is 4.74 Å². The number of thiophene rings is 1. The van der Waals surface area contributed by atoms with Crippen LogP contribution < -0.4 is 10.3 Å². The zero-order valence-corrected chi connectivity index (χ0v) is 15.9. The highest BCUT2D eigenvalue weighted by atomic mass is 35.5. The summed E-state index contributed by atoms with van der Waals surface area (Å²) >= 11 is 9.23. The molecule has 130 valence electrons. The van der Waals surface area contributed by atoms with Gasteiger partial charge in [-0.15, -0.1) is 11.3 Å². The van der Waals surface area contributed by atoms with Crippen LogP contribution in [-0.2, 0) is 12.8 Å². The molecule has 0 saturated carbocycles. The molecular formula is C18H17ClN2O2S2. The van der Waals surface area contributed by atoms with E-state index >= 15 is 0 Å². The predicted molar refractivity (Wildman–Crippen MR) is 105 cm³/mol. The summed E-state index contributed by atoms with van der Waals surface area (Å²) in [6.07, 6.45) is 4.44. The Labute approximate surface area is 158 Å². The minimum atomic E-state index is -0.0149. The SMILES string of the molecule is O=c1[nH]c(SCCOc2ccccc2Cl)nc2sc3c(c12)CCCC3. The highest BCUT2D eigenvalue weighted by molar-refractivity contribution is 7.99. The fraction of sp³-hybridized carbons (Fsp3) is 0.333. The van der Waals surface area contributed by atoms with E-state index in [-0.39, 0.29) is 5.56 Å². The van der Waals surface area contributed by atoms with Crippen molar-refractivity contribution in [3.05, 3.63) is 50.1 Å². The highest BCUT2D eigenvalue weighted by Gasteiger charge is 2.19. The van der Waals surface area contributed by atoms with E-state index < -0.39 is 0 Å². The van der Waals surface area contributed by atoms with Gasteiger partial charge in [-0.05, 0) is 43.4 Å². The van der Waals surface area contributed by atoms with Crippen LogP contribution in [0.2, 0.25) is 5.02 Å². The van der Waals surface area contributed by atoms with Gasteiger partial charge in [0.2, 0.25) is 0 Å². The van der Waals surface area contributed by atoms with Gasteiger partial charge in [0.05, 0.1) is 17.0 Å². The number of aromatic amines is 1. The van der Waals surface area contributed by atoms with E-state index in [1.807, 2.05) is 18.2 Å². The molecule has 0 spiro atoms. The summed E-state index contributed by atoms with van der Waals surface area (Å²) in [7, 11) is 0. The molecule has 7 heteroatoms. The first-order valence-electron chi connectivity index (χ1n) is 8.27. The number of fused-ring (bicyclic) bond motifs is 3. The predicted octanol–water partition coefficient (Wildman–Crippen LogP) is 4.69. The van der Waals surface area contributed by atoms with Crippen LogP contribution in [0.1, 0.15) is 23.3 Å². The maximum atomic E-state index is 12.5. The van der Waals surface area contributed by atoms with Crippen molar-refractivity contribution in [1.29, 1.82) is 0 Å². The summed E-state index contributed by atoms with van der Waals surface area (Å²) in [4.78, 5) is 22.2. The molecule has 3 aromatic rings. The number of aryl methyl sites for hydroxylation is 2. The van der Waals surface area contributed by atoms with E-state index in [2.05, 4.69) is 9.97 Å². The summed E-state index contributed by atoms with van der Waals surface area (Å²) in [5, 5.41) is 2.06. The molecule has 4 rings (SSSR count). The second kappa shape index (κ2) is 7.40. The van der Waals surface area contributed by atoms with Gasteiger partial charge in [-0.2, -0.15) is 0 Å². The Morgan fingerprint density at radius 3 is 3.00 bits per heavy atom. The topological polar surface area (TPSA) is 55.0 Å². The fourth-order valence-corrected chi connectivity index (χ4v) is 5.26. The molecule has 2 heterocycles. The number of hydrogen-bond acceptors (Lipinski definition) is 5. The van der Waals surface area contributed by atoms with E-state index in [0.717, 1.165) is 29.5 Å². The number of aromatic nitrogens is 2. The van der Waals surface area contributed by atoms with Crippen LogP contribution in [0, 0.1) is 0 Å². The Bertz CT molecular complexity index is 967. The standard InChI is InChI=1S/C18H17ClN2O2S2/c19-12-6-2-3-7-13(12)23-9-10-24-18-20-16(22)15-11-5-1-4-8-14(11)25-17(15)21-18/h2-3,6-7H,1,4-5,8-10H2,(H,20,21,22). The number of ether oxygens (including phenoxy) is 1. The molecule has 0 radical (unpaired) electrons. The zero-order valence-electron chi connectivity index (χ0n) is 13.5. The Morgan fingerprint density at radius 2 is 2.12 bits per heavy atom. The monoisotopic (exact) mass is 392 g/mol. The van der Waals surface area contributed by atoms with Crippen molar-refractivity contribution in [3.63, 3.8) is 0 Å². The van der Waals surface area contributed by atoms with Gasteiger partial charge >= 0.3 is 0 Å². The van der Waals surface area contributed by atoms with Crippen LogP contribution in [0.5, 0.6) is 5.75 Å². The Morgan fingerprint density at radius 1 is 1.28 bits per heavy atom. The Balaban J connectivity index is 1.45. The Kier molecular flexibility index (Phi) is 5.01. The van der Waals surface area contributed by atoms with E-state index in [1.54, 1.807) is 17.4 Å². The van der Waals surface area contributed by atoms with E-state index in [4.69, 9.17) is 16.3 Å². The minimum absolute atomic E-state index is 0.0149. The lowest BCUT2D eigenvalue weighted by molar-refractivity contribution is 0.344. The summed E-state index contributed by atoms with van der Waals surface area (Å²) < 4.78 is 5.67. The van der Waals surface area contributed by atoms with E-state index in [1.165, 1.54) is 28.6 Å². The molecule has 0 amide bonds. The molecule has 0 bridgehead atoms. The van der Waals surface area contributed by atoms with Gasteiger partial charge in [0.15, 0.2) is 5.16 Å². The van der Waals surface area contributed by atoms with Crippen LogP contribution in [0.25, 0.3) is 10.2 Å². The second-order valence-electron chi connectivity index (χ2n) is 5.89. The highest BCUT2D eigenvalue weighted by Crippen LogP contribution is 2.34. The first kappa shape index (κ1) is 16.9. The van der Waals surface area contributed by atoms with E-state index in [9.17, 15) is 4.79 Å². The molecule has 0 saturated heterocycles. The lowest BCUT2D eigenvalue weighted by atomic mass is 9.97. The number of nitrogens with zero attached hydrogens (tertiary/aromatic N) is 1. The molecule has 1 aliphatic rings. The maximum Gasteiger partial charge on any atom is 0.260 e. The average Bonchev–Trinajstić information content (AvgIpc) is 2.99. The van der Waals surface area contributed by atoms with E-state index in [0.29, 0.717) is 28.3 Å². The lowest BCUT2D eigenvalue weighted by Gasteiger charge is -2.09.